The molecule has 2 rings (SSSR count). The van der Waals surface area contributed by atoms with E-state index in [1.807, 2.05) is 24.7 Å². The fourth-order valence-corrected chi connectivity index (χ4v) is 2.62. The van der Waals surface area contributed by atoms with Gasteiger partial charge in [-0.15, -0.1) is 0 Å². The van der Waals surface area contributed by atoms with Crippen LogP contribution < -0.4 is 5.32 Å². The monoisotopic (exact) mass is 337 g/mol. The molecule has 2 aromatic rings. The molecule has 0 amide bonds. The van der Waals surface area contributed by atoms with E-state index in [0.717, 1.165) is 35.2 Å². The molecule has 0 aliphatic heterocycles. The second-order valence-corrected chi connectivity index (χ2v) is 5.49. The van der Waals surface area contributed by atoms with Crippen molar-refractivity contribution in [3.8, 4) is 0 Å². The van der Waals surface area contributed by atoms with E-state index in [9.17, 15) is 0 Å². The highest BCUT2D eigenvalue weighted by molar-refractivity contribution is 9.10. The third-order valence-electron chi connectivity index (χ3n) is 3.13. The smallest absolute Gasteiger partial charge is 0.0948 e. The molecular weight excluding hydrogens is 318 g/mol. The third-order valence-corrected chi connectivity index (χ3v) is 3.87. The number of aryl methyl sites for hydroxylation is 1. The summed E-state index contributed by atoms with van der Waals surface area (Å²) in [5, 5.41) is 3.47. The molecule has 1 N–H and O–H groups in total. The first kappa shape index (κ1) is 15.1. The molecule has 4 nitrogen and oxygen atoms in total. The van der Waals surface area contributed by atoms with E-state index < -0.39 is 0 Å². The normalized spacial score (nSPS) is 10.8. The first-order chi connectivity index (χ1) is 9.76. The number of anilines is 1. The van der Waals surface area contributed by atoms with Gasteiger partial charge in [0.25, 0.3) is 0 Å². The maximum absolute atomic E-state index is 5.26. The standard InChI is InChI=1S/C15H20BrN3O/c1-3-7-19-11-17-8-12(19)9-18-15-6-4-5-14(16)13(15)10-20-2/h4-6,8,11,18H,3,7,9-10H2,1-2H3. The molecule has 20 heavy (non-hydrogen) atoms. The van der Waals surface area contributed by atoms with E-state index in [1.54, 1.807) is 7.11 Å². The number of hydrogen-bond donors (Lipinski definition) is 1. The lowest BCUT2D eigenvalue weighted by atomic mass is 10.2. The number of methoxy groups -OCH3 is 1. The van der Waals surface area contributed by atoms with Crippen LogP contribution >= 0.6 is 15.9 Å². The summed E-state index contributed by atoms with van der Waals surface area (Å²) in [5.74, 6) is 0. The van der Waals surface area contributed by atoms with Crippen LogP contribution in [-0.2, 0) is 24.4 Å². The number of aromatic nitrogens is 2. The summed E-state index contributed by atoms with van der Waals surface area (Å²) in [7, 11) is 1.71. The number of nitrogens with one attached hydrogen (secondary N) is 1. The van der Waals surface area contributed by atoms with Crippen LogP contribution in [0.3, 0.4) is 0 Å². The van der Waals surface area contributed by atoms with Crippen molar-refractivity contribution < 1.29 is 4.74 Å². The van der Waals surface area contributed by atoms with Crippen LogP contribution in [0.1, 0.15) is 24.6 Å². The summed E-state index contributed by atoms with van der Waals surface area (Å²) in [4.78, 5) is 4.22. The highest BCUT2D eigenvalue weighted by atomic mass is 79.9. The van der Waals surface area contributed by atoms with Gasteiger partial charge in [0.2, 0.25) is 0 Å². The molecule has 0 radical (unpaired) electrons. The summed E-state index contributed by atoms with van der Waals surface area (Å²) >= 11 is 3.57. The Morgan fingerprint density at radius 3 is 3.00 bits per heavy atom. The van der Waals surface area contributed by atoms with Gasteiger partial charge in [0.1, 0.15) is 0 Å². The second kappa shape index (κ2) is 7.45. The molecule has 0 saturated heterocycles. The van der Waals surface area contributed by atoms with Gasteiger partial charge in [-0.3, -0.25) is 0 Å². The molecule has 5 heteroatoms. The minimum absolute atomic E-state index is 0.581. The average Bonchev–Trinajstić information content (AvgIpc) is 2.87. The zero-order valence-corrected chi connectivity index (χ0v) is 13.5. The van der Waals surface area contributed by atoms with Crippen molar-refractivity contribution in [3.05, 3.63) is 46.5 Å². The first-order valence-electron chi connectivity index (χ1n) is 6.75. The zero-order valence-electron chi connectivity index (χ0n) is 11.9. The largest absolute Gasteiger partial charge is 0.380 e. The third kappa shape index (κ3) is 3.61. The Balaban J connectivity index is 2.10. The lowest BCUT2D eigenvalue weighted by molar-refractivity contribution is 0.185. The summed E-state index contributed by atoms with van der Waals surface area (Å²) in [6.45, 7) is 4.51. The fourth-order valence-electron chi connectivity index (χ4n) is 2.14. The lowest BCUT2D eigenvalue weighted by Crippen LogP contribution is -2.08. The molecule has 0 saturated carbocycles. The van der Waals surface area contributed by atoms with Crippen molar-refractivity contribution in [1.29, 1.82) is 0 Å². The number of hydrogen-bond acceptors (Lipinski definition) is 3. The minimum atomic E-state index is 0.581. The molecule has 0 atom stereocenters. The van der Waals surface area contributed by atoms with Crippen LogP contribution in [0.25, 0.3) is 0 Å². The Hall–Kier alpha value is -1.33. The van der Waals surface area contributed by atoms with Crippen LogP contribution in [0, 0.1) is 0 Å². The Morgan fingerprint density at radius 2 is 2.25 bits per heavy atom. The predicted octanol–water partition coefficient (Wildman–Crippen LogP) is 3.81. The number of benzene rings is 1. The van der Waals surface area contributed by atoms with Crippen molar-refractivity contribution in [3.63, 3.8) is 0 Å². The van der Waals surface area contributed by atoms with Gasteiger partial charge in [-0.1, -0.05) is 28.9 Å². The molecular formula is C15H20BrN3O. The van der Waals surface area contributed by atoms with Gasteiger partial charge in [0.05, 0.1) is 25.2 Å². The van der Waals surface area contributed by atoms with Gasteiger partial charge in [-0.25, -0.2) is 4.98 Å². The van der Waals surface area contributed by atoms with E-state index in [0.29, 0.717) is 6.61 Å². The average molecular weight is 338 g/mol. The zero-order chi connectivity index (χ0) is 14.4. The quantitative estimate of drug-likeness (QED) is 0.834. The maximum atomic E-state index is 5.26. The molecule has 0 unspecified atom stereocenters. The van der Waals surface area contributed by atoms with E-state index in [-0.39, 0.29) is 0 Å². The number of rotatable bonds is 7. The highest BCUT2D eigenvalue weighted by Gasteiger charge is 2.07. The molecule has 0 aliphatic carbocycles. The Kier molecular flexibility index (Phi) is 5.61. The predicted molar refractivity (Wildman–Crippen MR) is 84.7 cm³/mol. The fraction of sp³-hybridized carbons (Fsp3) is 0.400. The van der Waals surface area contributed by atoms with Gasteiger partial charge < -0.3 is 14.6 Å². The molecule has 0 bridgehead atoms. The molecule has 0 spiro atoms. The first-order valence-corrected chi connectivity index (χ1v) is 7.54. The van der Waals surface area contributed by atoms with Crippen molar-refractivity contribution in [1.82, 2.24) is 9.55 Å². The molecule has 1 aromatic heterocycles. The van der Waals surface area contributed by atoms with Gasteiger partial charge in [-0.2, -0.15) is 0 Å². The van der Waals surface area contributed by atoms with Gasteiger partial charge in [0.15, 0.2) is 0 Å². The maximum Gasteiger partial charge on any atom is 0.0948 e. The summed E-state index contributed by atoms with van der Waals surface area (Å²) in [5.41, 5.74) is 3.41. The van der Waals surface area contributed by atoms with Crippen LogP contribution in [-0.4, -0.2) is 16.7 Å². The van der Waals surface area contributed by atoms with Crippen LogP contribution in [0.5, 0.6) is 0 Å². The summed E-state index contributed by atoms with van der Waals surface area (Å²) in [6.07, 6.45) is 4.91. The van der Waals surface area contributed by atoms with Gasteiger partial charge >= 0.3 is 0 Å². The van der Waals surface area contributed by atoms with Crippen LogP contribution in [0.15, 0.2) is 35.2 Å². The topological polar surface area (TPSA) is 39.1 Å². The summed E-state index contributed by atoms with van der Waals surface area (Å²) < 4.78 is 8.50. The molecule has 1 heterocycles. The molecule has 108 valence electrons. The van der Waals surface area contributed by atoms with Gasteiger partial charge in [0, 0.05) is 35.6 Å². The van der Waals surface area contributed by atoms with E-state index >= 15 is 0 Å². The van der Waals surface area contributed by atoms with Crippen molar-refractivity contribution in [2.24, 2.45) is 0 Å². The number of ether oxygens (including phenoxy) is 1. The SMILES string of the molecule is CCCn1cncc1CNc1cccc(Br)c1COC. The van der Waals surface area contributed by atoms with E-state index in [1.165, 1.54) is 5.69 Å². The number of nitrogens with zero attached hydrogens (tertiary/aromatic N) is 2. The minimum Gasteiger partial charge on any atom is -0.380 e. The van der Waals surface area contributed by atoms with Crippen molar-refractivity contribution >= 4 is 21.6 Å². The Morgan fingerprint density at radius 1 is 1.40 bits per heavy atom. The van der Waals surface area contributed by atoms with Crippen LogP contribution in [0.2, 0.25) is 0 Å². The van der Waals surface area contributed by atoms with E-state index in [4.69, 9.17) is 4.74 Å². The second-order valence-electron chi connectivity index (χ2n) is 4.63. The van der Waals surface area contributed by atoms with Crippen molar-refractivity contribution in [2.75, 3.05) is 12.4 Å². The summed E-state index contributed by atoms with van der Waals surface area (Å²) in [6, 6.07) is 6.12. The van der Waals surface area contributed by atoms with Crippen LogP contribution in [0.4, 0.5) is 5.69 Å². The van der Waals surface area contributed by atoms with Crippen molar-refractivity contribution in [2.45, 2.75) is 33.0 Å². The Bertz CT molecular complexity index is 554. The van der Waals surface area contributed by atoms with E-state index in [2.05, 4.69) is 43.8 Å². The highest BCUT2D eigenvalue weighted by Crippen LogP contribution is 2.26. The molecule has 0 fully saturated rings. The molecule has 0 aliphatic rings. The molecule has 1 aromatic carbocycles. The van der Waals surface area contributed by atoms with Gasteiger partial charge in [-0.05, 0) is 18.6 Å². The lowest BCUT2D eigenvalue weighted by Gasteiger charge is -2.14. The number of imidazole rings is 1. The number of halogens is 1. The Labute approximate surface area is 128 Å².